The molecule has 4 aliphatic heterocycles. The number of para-hydroxylation sites is 1. The van der Waals surface area contributed by atoms with E-state index in [-0.39, 0.29) is 28.6 Å². The number of nitrogens with one attached hydrogen (secondary N) is 3. The molecule has 6 heterocycles. The van der Waals surface area contributed by atoms with Crippen LogP contribution < -0.4 is 29.5 Å². The molecule has 5 fully saturated rings. The lowest BCUT2D eigenvalue weighted by Crippen LogP contribution is -2.57. The summed E-state index contributed by atoms with van der Waals surface area (Å²) in [7, 11) is -4.62. The summed E-state index contributed by atoms with van der Waals surface area (Å²) in [6, 6.07) is 22.0. The number of nitro benzene ring substituents is 1. The van der Waals surface area contributed by atoms with Crippen molar-refractivity contribution in [2.24, 2.45) is 17.3 Å². The van der Waals surface area contributed by atoms with E-state index in [2.05, 4.69) is 67.8 Å². The Hall–Kier alpha value is -5.95. The van der Waals surface area contributed by atoms with Gasteiger partial charge in [-0.2, -0.15) is 4.98 Å². The van der Waals surface area contributed by atoms with Gasteiger partial charge in [-0.25, -0.2) is 13.1 Å². The molecule has 4 N–H and O–H groups in total. The molecule has 3 atom stereocenters. The summed E-state index contributed by atoms with van der Waals surface area (Å²) in [4.78, 5) is 41.1. The molecule has 2 saturated carbocycles. The Bertz CT molecular complexity index is 2950. The Kier molecular flexibility index (Phi) is 12.9. The molecule has 0 unspecified atom stereocenters. The van der Waals surface area contributed by atoms with Crippen molar-refractivity contribution in [2.75, 3.05) is 72.6 Å². The molecule has 11 rings (SSSR count). The summed E-state index contributed by atoms with van der Waals surface area (Å²) in [5.74, 6) is 0.655. The Balaban J connectivity index is 0.864. The molecule has 6 aliphatic rings. The molecule has 2 aliphatic carbocycles. The summed E-state index contributed by atoms with van der Waals surface area (Å²) in [5.41, 5.74) is 4.81. The molecule has 5 aromatic rings. The number of sulfonamides is 1. The average molecular weight is 1000 g/mol. The van der Waals surface area contributed by atoms with Crippen LogP contribution in [0.2, 0.25) is 0 Å². The maximum absolute atomic E-state index is 14.7. The molecule has 1 spiro atoms. The number of carbonyl (C=O) groups is 1. The van der Waals surface area contributed by atoms with Crippen molar-refractivity contribution >= 4 is 61.1 Å². The Morgan fingerprint density at radius 2 is 1.69 bits per heavy atom. The number of aliphatic hydroxyl groups is 1. The maximum atomic E-state index is 14.7. The standard InChI is InChI=1S/C54H66N8O9S/c1-34(2)40-6-4-5-7-43(40)60-23-25-70-32-48(60)37-29-54(30-37)18-21-59(22-19-54)38-8-10-41(45(27-38)61-44-15-24-69-33-49(44)71-52-47(61)26-36-14-20-55-50(36)57-52)51(63)58-72(67,68)39-9-11-42(46(28-39)62(65)66)56-31-35-12-16-53(3,64)17-13-35/h4-11,14,20,26-28,34-35,37,44,48-49,56,64H,12-13,15-19,21-25,29-33H2,1-3H3,(H,55,57)(H,58,63)/t35?,44-,48-,49-,53?/m0/s1. The third kappa shape index (κ3) is 9.35. The van der Waals surface area contributed by atoms with Crippen molar-refractivity contribution in [1.29, 1.82) is 0 Å². The zero-order chi connectivity index (χ0) is 49.9. The van der Waals surface area contributed by atoms with Gasteiger partial charge >= 0.3 is 0 Å². The van der Waals surface area contributed by atoms with Crippen molar-refractivity contribution in [3.63, 3.8) is 0 Å². The van der Waals surface area contributed by atoms with Gasteiger partial charge in [-0.1, -0.05) is 32.0 Å². The summed E-state index contributed by atoms with van der Waals surface area (Å²) >= 11 is 0. The van der Waals surface area contributed by atoms with E-state index in [1.807, 2.05) is 37.4 Å². The lowest BCUT2D eigenvalue weighted by Gasteiger charge is -2.57. The average Bonchev–Trinajstić information content (AvgIpc) is 3.83. The van der Waals surface area contributed by atoms with E-state index in [1.165, 1.54) is 23.4 Å². The van der Waals surface area contributed by atoms with E-state index in [1.54, 1.807) is 6.07 Å². The third-order valence-electron chi connectivity index (χ3n) is 16.7. The summed E-state index contributed by atoms with van der Waals surface area (Å²) in [6.45, 7) is 11.6. The van der Waals surface area contributed by atoms with E-state index in [0.717, 1.165) is 88.5 Å². The quantitative estimate of drug-likeness (QED) is 0.0683. The van der Waals surface area contributed by atoms with Crippen LogP contribution in [0.4, 0.5) is 34.1 Å². The van der Waals surface area contributed by atoms with Crippen LogP contribution in [-0.2, 0) is 19.5 Å². The minimum absolute atomic E-state index is 0.113. The van der Waals surface area contributed by atoms with Gasteiger partial charge in [0.2, 0.25) is 5.88 Å². The van der Waals surface area contributed by atoms with Crippen LogP contribution in [-0.4, -0.2) is 111 Å². The number of ether oxygens (including phenoxy) is 3. The number of aromatic amines is 1. The molecule has 1 amide bonds. The minimum atomic E-state index is -4.62. The van der Waals surface area contributed by atoms with E-state index >= 15 is 0 Å². The van der Waals surface area contributed by atoms with Crippen LogP contribution in [0, 0.1) is 27.4 Å². The Labute approximate surface area is 420 Å². The topological polar surface area (TPSA) is 205 Å². The molecule has 3 saturated heterocycles. The van der Waals surface area contributed by atoms with Gasteiger partial charge in [-0.15, -0.1) is 0 Å². The summed E-state index contributed by atoms with van der Waals surface area (Å²) < 4.78 is 49.2. The first-order chi connectivity index (χ1) is 34.6. The van der Waals surface area contributed by atoms with Gasteiger partial charge in [0, 0.05) is 61.8 Å². The number of H-pyrrole nitrogens is 1. The lowest BCUT2D eigenvalue weighted by atomic mass is 9.55. The van der Waals surface area contributed by atoms with Crippen molar-refractivity contribution in [2.45, 2.75) is 113 Å². The SMILES string of the molecule is CC(C)c1ccccc1N1CCOC[C@H]1C1CC2(CCN(c3ccc(C(=O)NS(=O)(=O)c4ccc(NCC5CCC(C)(O)CC5)c([N+](=O)[O-])c4)c(N4c5cc6cc[nH]c6nc5O[C@H]5COCC[C@@H]54)c3)CC2)C1. The smallest absolute Gasteiger partial charge is 0.293 e. The highest BCUT2D eigenvalue weighted by molar-refractivity contribution is 7.90. The number of aromatic nitrogens is 2. The van der Waals surface area contributed by atoms with Crippen LogP contribution >= 0.6 is 0 Å². The summed E-state index contributed by atoms with van der Waals surface area (Å²) in [5, 5.41) is 26.8. The zero-order valence-corrected chi connectivity index (χ0v) is 42.2. The molecular formula is C54H66N8O9S. The molecule has 2 aromatic heterocycles. The van der Waals surface area contributed by atoms with Gasteiger partial charge in [0.15, 0.2) is 0 Å². The number of fused-ring (bicyclic) bond motifs is 3. The normalized spacial score (nSPS) is 25.4. The van der Waals surface area contributed by atoms with Gasteiger partial charge in [0.05, 0.1) is 58.6 Å². The number of piperidine rings is 1. The first kappa shape index (κ1) is 48.3. The second-order valence-electron chi connectivity index (χ2n) is 21.8. The minimum Gasteiger partial charge on any atom is -0.468 e. The number of anilines is 5. The molecule has 72 heavy (non-hydrogen) atoms. The number of benzene rings is 3. The molecule has 0 radical (unpaired) electrons. The van der Waals surface area contributed by atoms with E-state index in [9.17, 15) is 28.4 Å². The number of rotatable bonds is 12. The number of hydrogen-bond donors (Lipinski definition) is 4. The fraction of sp³-hybridized carbons (Fsp3) is 0.519. The van der Waals surface area contributed by atoms with Crippen LogP contribution in [0.3, 0.4) is 0 Å². The molecular weight excluding hydrogens is 937 g/mol. The third-order valence-corrected chi connectivity index (χ3v) is 18.0. The second kappa shape index (κ2) is 19.1. The molecule has 0 bridgehead atoms. The number of nitrogens with zero attached hydrogens (tertiary/aromatic N) is 5. The van der Waals surface area contributed by atoms with Gasteiger partial charge < -0.3 is 44.3 Å². The predicted molar refractivity (Wildman–Crippen MR) is 276 cm³/mol. The highest BCUT2D eigenvalue weighted by Gasteiger charge is 2.50. The van der Waals surface area contributed by atoms with Crippen molar-refractivity contribution in [1.82, 2.24) is 14.7 Å². The maximum Gasteiger partial charge on any atom is 0.293 e. The first-order valence-electron chi connectivity index (χ1n) is 25.8. The zero-order valence-electron chi connectivity index (χ0n) is 41.3. The van der Waals surface area contributed by atoms with Gasteiger partial charge in [-0.3, -0.25) is 14.9 Å². The Morgan fingerprint density at radius 3 is 2.47 bits per heavy atom. The number of hydrogen-bond acceptors (Lipinski definition) is 14. The molecule has 382 valence electrons. The van der Waals surface area contributed by atoms with Crippen molar-refractivity contribution < 1.29 is 37.5 Å². The van der Waals surface area contributed by atoms with Crippen molar-refractivity contribution in [3.05, 3.63) is 100 Å². The predicted octanol–water partition coefficient (Wildman–Crippen LogP) is 8.66. The van der Waals surface area contributed by atoms with Gasteiger partial charge in [0.25, 0.3) is 21.6 Å². The number of pyridine rings is 1. The number of nitro groups is 1. The Morgan fingerprint density at radius 1 is 0.917 bits per heavy atom. The van der Waals surface area contributed by atoms with E-state index < -0.39 is 43.1 Å². The number of morpholine rings is 1. The van der Waals surface area contributed by atoms with Gasteiger partial charge in [0.1, 0.15) is 23.1 Å². The van der Waals surface area contributed by atoms with Gasteiger partial charge in [-0.05, 0) is 142 Å². The largest absolute Gasteiger partial charge is 0.468 e. The molecule has 18 heteroatoms. The van der Waals surface area contributed by atoms with E-state index in [4.69, 9.17) is 19.2 Å². The van der Waals surface area contributed by atoms with Crippen LogP contribution in [0.5, 0.6) is 5.88 Å². The second-order valence-corrected chi connectivity index (χ2v) is 23.5. The monoisotopic (exact) mass is 1000 g/mol. The summed E-state index contributed by atoms with van der Waals surface area (Å²) in [6.07, 6.45) is 9.10. The molecule has 3 aromatic carbocycles. The molecule has 17 nitrogen and oxygen atoms in total. The highest BCUT2D eigenvalue weighted by atomic mass is 32.2. The number of carbonyl (C=O) groups excluding carboxylic acids is 1. The van der Waals surface area contributed by atoms with Crippen molar-refractivity contribution in [3.8, 4) is 5.88 Å². The first-order valence-corrected chi connectivity index (χ1v) is 27.3. The lowest BCUT2D eigenvalue weighted by molar-refractivity contribution is -0.384. The van der Waals surface area contributed by atoms with Crippen LogP contribution in [0.1, 0.15) is 100 Å². The fourth-order valence-electron chi connectivity index (χ4n) is 12.6. The van der Waals surface area contributed by atoms with Crippen LogP contribution in [0.15, 0.2) is 83.9 Å². The number of amides is 1. The highest BCUT2D eigenvalue weighted by Crippen LogP contribution is 2.56. The van der Waals surface area contributed by atoms with E-state index in [0.29, 0.717) is 79.8 Å². The fourth-order valence-corrected chi connectivity index (χ4v) is 13.5. The van der Waals surface area contributed by atoms with Crippen LogP contribution in [0.25, 0.3) is 11.0 Å².